The van der Waals surface area contributed by atoms with E-state index in [1.165, 1.54) is 6.92 Å². The molecular weight excluding hydrogens is 446 g/mol. The second kappa shape index (κ2) is 8.95. The Bertz CT molecular complexity index is 1050. The fraction of sp³-hybridized carbons (Fsp3) is 0.364. The number of aromatic nitrogens is 3. The van der Waals surface area contributed by atoms with Crippen molar-refractivity contribution in [2.45, 2.75) is 38.1 Å². The molecule has 4 rings (SSSR count). The summed E-state index contributed by atoms with van der Waals surface area (Å²) in [7, 11) is 0. The van der Waals surface area contributed by atoms with E-state index >= 15 is 0 Å². The number of nitrogens with zero attached hydrogens (tertiary/aromatic N) is 4. The predicted octanol–water partition coefficient (Wildman–Crippen LogP) is 3.47. The summed E-state index contributed by atoms with van der Waals surface area (Å²) in [5, 5.41) is 11.6. The molecule has 2 amide bonds. The van der Waals surface area contributed by atoms with Crippen LogP contribution in [0.25, 0.3) is 5.65 Å². The first kappa shape index (κ1) is 20.5. The minimum atomic E-state index is -0.350. The Morgan fingerprint density at radius 3 is 2.77 bits per heavy atom. The molecule has 8 heteroatoms. The molecule has 0 radical (unpaired) electrons. The minimum absolute atomic E-state index is 0.0372. The number of nitrogens with one attached hydrogen (secondary N) is 1. The van der Waals surface area contributed by atoms with Gasteiger partial charge in [0.25, 0.3) is 0 Å². The van der Waals surface area contributed by atoms with E-state index in [0.29, 0.717) is 6.54 Å². The Balaban J connectivity index is 1.48. The smallest absolute Gasteiger partial charge is 0.225 e. The average molecular weight is 470 g/mol. The van der Waals surface area contributed by atoms with Crippen LogP contribution in [0.4, 0.5) is 0 Å². The number of halogens is 1. The number of carbonyl (C=O) groups is 2. The third kappa shape index (κ3) is 4.53. The molecule has 1 saturated heterocycles. The van der Waals surface area contributed by atoms with Crippen LogP contribution >= 0.6 is 15.9 Å². The van der Waals surface area contributed by atoms with Crippen LogP contribution in [0.3, 0.4) is 0 Å². The summed E-state index contributed by atoms with van der Waals surface area (Å²) in [6.45, 7) is 2.81. The largest absolute Gasteiger partial charge is 0.349 e. The second-order valence-electron chi connectivity index (χ2n) is 7.67. The molecule has 3 aromatic rings. The number of amides is 2. The molecule has 2 aromatic heterocycles. The van der Waals surface area contributed by atoms with E-state index < -0.39 is 0 Å². The summed E-state index contributed by atoms with van der Waals surface area (Å²) in [5.74, 6) is 0.929. The summed E-state index contributed by atoms with van der Waals surface area (Å²) < 4.78 is 2.96. The lowest BCUT2D eigenvalue weighted by Gasteiger charge is -2.33. The van der Waals surface area contributed by atoms with Gasteiger partial charge < -0.3 is 10.2 Å². The number of carbonyl (C=O) groups excluding carboxylic acids is 2. The van der Waals surface area contributed by atoms with Gasteiger partial charge in [0, 0.05) is 36.6 Å². The standard InChI is InChI=1S/C22H24BrN5O2/c1-15(29)24-19(16-7-9-18(23)10-8-16)13-21(30)27-11-4-5-17(14-27)22-26-25-20-6-2-3-12-28(20)22/h2-3,6-10,12,17,19H,4-5,11,13-14H2,1H3,(H,24,29). The lowest BCUT2D eigenvalue weighted by Crippen LogP contribution is -2.41. The van der Waals surface area contributed by atoms with Gasteiger partial charge in [-0.05, 0) is 42.7 Å². The molecule has 2 atom stereocenters. The Morgan fingerprint density at radius 1 is 1.20 bits per heavy atom. The number of hydrogen-bond donors (Lipinski definition) is 1. The number of fused-ring (bicyclic) bond motifs is 1. The lowest BCUT2D eigenvalue weighted by atomic mass is 9.96. The van der Waals surface area contributed by atoms with E-state index in [9.17, 15) is 9.59 Å². The van der Waals surface area contributed by atoms with Gasteiger partial charge in [0.05, 0.1) is 12.5 Å². The van der Waals surface area contributed by atoms with Crippen LogP contribution in [0.15, 0.2) is 53.1 Å². The van der Waals surface area contributed by atoms with Crippen LogP contribution in [0.1, 0.15) is 49.5 Å². The highest BCUT2D eigenvalue weighted by atomic mass is 79.9. The number of likely N-dealkylation sites (tertiary alicyclic amines) is 1. The van der Waals surface area contributed by atoms with E-state index in [4.69, 9.17) is 0 Å². The van der Waals surface area contributed by atoms with Crippen molar-refractivity contribution in [1.29, 1.82) is 0 Å². The zero-order chi connectivity index (χ0) is 21.1. The molecule has 1 aromatic carbocycles. The maximum absolute atomic E-state index is 13.1. The topological polar surface area (TPSA) is 79.6 Å². The molecular formula is C22H24BrN5O2. The van der Waals surface area contributed by atoms with Crippen molar-refractivity contribution in [2.75, 3.05) is 13.1 Å². The van der Waals surface area contributed by atoms with E-state index in [1.54, 1.807) is 0 Å². The van der Waals surface area contributed by atoms with Crippen molar-refractivity contribution in [3.8, 4) is 0 Å². The SMILES string of the molecule is CC(=O)NC(CC(=O)N1CCCC(c2nnc3ccccn23)C1)c1ccc(Br)cc1. The fourth-order valence-electron chi connectivity index (χ4n) is 4.05. The first-order valence-corrected chi connectivity index (χ1v) is 10.9. The zero-order valence-corrected chi connectivity index (χ0v) is 18.4. The van der Waals surface area contributed by atoms with Gasteiger partial charge in [-0.25, -0.2) is 0 Å². The van der Waals surface area contributed by atoms with Crippen LogP contribution in [0.5, 0.6) is 0 Å². The summed E-state index contributed by atoms with van der Waals surface area (Å²) in [4.78, 5) is 26.7. The van der Waals surface area contributed by atoms with Gasteiger partial charge in [0.2, 0.25) is 11.8 Å². The lowest BCUT2D eigenvalue weighted by molar-refractivity contribution is -0.133. The number of benzene rings is 1. The van der Waals surface area contributed by atoms with Crippen LogP contribution in [-0.4, -0.2) is 44.4 Å². The molecule has 1 aliphatic heterocycles. The van der Waals surface area contributed by atoms with Gasteiger partial charge in [-0.3, -0.25) is 14.0 Å². The van der Waals surface area contributed by atoms with Crippen LogP contribution in [0.2, 0.25) is 0 Å². The van der Waals surface area contributed by atoms with Gasteiger partial charge in [-0.2, -0.15) is 0 Å². The summed E-state index contributed by atoms with van der Waals surface area (Å²) in [5.41, 5.74) is 1.73. The number of hydrogen-bond acceptors (Lipinski definition) is 4. The monoisotopic (exact) mass is 469 g/mol. The molecule has 2 unspecified atom stereocenters. The number of pyridine rings is 1. The van der Waals surface area contributed by atoms with Crippen molar-refractivity contribution in [3.05, 3.63) is 64.5 Å². The first-order valence-electron chi connectivity index (χ1n) is 10.1. The molecule has 156 valence electrons. The molecule has 30 heavy (non-hydrogen) atoms. The van der Waals surface area contributed by atoms with E-state index in [1.807, 2.05) is 58.0 Å². The van der Waals surface area contributed by atoms with E-state index in [0.717, 1.165) is 40.9 Å². The maximum Gasteiger partial charge on any atom is 0.225 e. The fourth-order valence-corrected chi connectivity index (χ4v) is 4.31. The highest BCUT2D eigenvalue weighted by molar-refractivity contribution is 9.10. The molecule has 0 aliphatic carbocycles. The van der Waals surface area contributed by atoms with Gasteiger partial charge in [-0.1, -0.05) is 34.1 Å². The van der Waals surface area contributed by atoms with Gasteiger partial charge in [-0.15, -0.1) is 10.2 Å². The van der Waals surface area contributed by atoms with Crippen molar-refractivity contribution in [2.24, 2.45) is 0 Å². The van der Waals surface area contributed by atoms with Crippen molar-refractivity contribution in [3.63, 3.8) is 0 Å². The summed E-state index contributed by atoms with van der Waals surface area (Å²) >= 11 is 3.43. The highest BCUT2D eigenvalue weighted by Gasteiger charge is 2.29. The average Bonchev–Trinajstić information content (AvgIpc) is 3.18. The van der Waals surface area contributed by atoms with Crippen LogP contribution < -0.4 is 5.32 Å². The Hall–Kier alpha value is -2.74. The second-order valence-corrected chi connectivity index (χ2v) is 8.59. The molecule has 7 nitrogen and oxygen atoms in total. The molecule has 3 heterocycles. The molecule has 1 fully saturated rings. The third-order valence-electron chi connectivity index (χ3n) is 5.51. The molecule has 0 saturated carbocycles. The van der Waals surface area contributed by atoms with E-state index in [-0.39, 0.29) is 30.2 Å². The summed E-state index contributed by atoms with van der Waals surface area (Å²) in [6, 6.07) is 13.2. The van der Waals surface area contributed by atoms with Crippen LogP contribution in [-0.2, 0) is 9.59 Å². The Kier molecular flexibility index (Phi) is 6.13. The zero-order valence-electron chi connectivity index (χ0n) is 16.8. The van der Waals surface area contributed by atoms with Crippen LogP contribution in [0, 0.1) is 0 Å². The first-order chi connectivity index (χ1) is 14.5. The van der Waals surface area contributed by atoms with Gasteiger partial charge in [0.15, 0.2) is 5.65 Å². The normalized spacial score (nSPS) is 17.7. The van der Waals surface area contributed by atoms with Gasteiger partial charge in [0.1, 0.15) is 5.82 Å². The van der Waals surface area contributed by atoms with Crippen molar-refractivity contribution in [1.82, 2.24) is 24.8 Å². The quantitative estimate of drug-likeness (QED) is 0.620. The third-order valence-corrected chi connectivity index (χ3v) is 6.04. The number of rotatable bonds is 5. The molecule has 0 bridgehead atoms. The Morgan fingerprint density at radius 2 is 2.00 bits per heavy atom. The summed E-state index contributed by atoms with van der Waals surface area (Å²) in [6.07, 6.45) is 4.09. The maximum atomic E-state index is 13.1. The minimum Gasteiger partial charge on any atom is -0.349 e. The highest BCUT2D eigenvalue weighted by Crippen LogP contribution is 2.28. The van der Waals surface area contributed by atoms with Crippen molar-refractivity contribution < 1.29 is 9.59 Å². The number of piperidine rings is 1. The predicted molar refractivity (Wildman–Crippen MR) is 117 cm³/mol. The molecule has 1 aliphatic rings. The molecule has 1 N–H and O–H groups in total. The molecule has 0 spiro atoms. The van der Waals surface area contributed by atoms with Crippen molar-refractivity contribution >= 4 is 33.4 Å². The van der Waals surface area contributed by atoms with E-state index in [2.05, 4.69) is 31.4 Å². The van der Waals surface area contributed by atoms with Gasteiger partial charge >= 0.3 is 0 Å². The Labute approximate surface area is 183 Å².